The van der Waals surface area contributed by atoms with Gasteiger partial charge < -0.3 is 10.5 Å². The fourth-order valence-electron chi connectivity index (χ4n) is 2.04. The second-order valence-corrected chi connectivity index (χ2v) is 6.26. The zero-order valence-corrected chi connectivity index (χ0v) is 11.6. The average molecular weight is 301 g/mol. The molecule has 3 rings (SSSR count). The summed E-state index contributed by atoms with van der Waals surface area (Å²) in [6.45, 7) is 0. The molecule has 0 saturated carbocycles. The first-order valence-electron chi connectivity index (χ1n) is 5.46. The van der Waals surface area contributed by atoms with Gasteiger partial charge in [0.2, 0.25) is 0 Å². The van der Waals surface area contributed by atoms with E-state index in [1.54, 1.807) is 12.3 Å². The standard InChI is InChI=1S/C12H10Cl2N2OS/c13-6-1-2-9-7(3-6)8(15)4-10(17-9)12-16-5-11(14)18-12/h1-3,5,8,10H,4,15H2. The van der Waals surface area contributed by atoms with Gasteiger partial charge in [0, 0.05) is 23.0 Å². The van der Waals surface area contributed by atoms with Crippen molar-refractivity contribution in [3.63, 3.8) is 0 Å². The van der Waals surface area contributed by atoms with Crippen molar-refractivity contribution in [3.8, 4) is 5.75 Å². The van der Waals surface area contributed by atoms with E-state index in [0.29, 0.717) is 15.8 Å². The van der Waals surface area contributed by atoms with E-state index in [0.717, 1.165) is 16.3 Å². The monoisotopic (exact) mass is 300 g/mol. The number of nitrogens with two attached hydrogens (primary N) is 1. The van der Waals surface area contributed by atoms with Gasteiger partial charge in [0.15, 0.2) is 6.10 Å². The molecule has 1 aliphatic rings. The van der Waals surface area contributed by atoms with E-state index in [1.165, 1.54) is 11.3 Å². The van der Waals surface area contributed by atoms with Gasteiger partial charge in [-0.25, -0.2) is 4.98 Å². The van der Waals surface area contributed by atoms with Gasteiger partial charge in [0.25, 0.3) is 0 Å². The summed E-state index contributed by atoms with van der Waals surface area (Å²) in [7, 11) is 0. The van der Waals surface area contributed by atoms with Crippen molar-refractivity contribution in [1.29, 1.82) is 0 Å². The van der Waals surface area contributed by atoms with Crippen LogP contribution in [-0.2, 0) is 0 Å². The third-order valence-electron chi connectivity index (χ3n) is 2.88. The lowest BCUT2D eigenvalue weighted by Gasteiger charge is -2.29. The molecule has 0 bridgehead atoms. The van der Waals surface area contributed by atoms with Crippen LogP contribution in [-0.4, -0.2) is 4.98 Å². The summed E-state index contributed by atoms with van der Waals surface area (Å²) in [5, 5.41) is 1.53. The van der Waals surface area contributed by atoms with Crippen LogP contribution in [0.5, 0.6) is 5.75 Å². The van der Waals surface area contributed by atoms with Gasteiger partial charge in [0.05, 0.1) is 6.20 Å². The number of aromatic nitrogens is 1. The van der Waals surface area contributed by atoms with Gasteiger partial charge in [-0.15, -0.1) is 11.3 Å². The first kappa shape index (κ1) is 12.2. The lowest BCUT2D eigenvalue weighted by Crippen LogP contribution is -2.24. The first-order chi connectivity index (χ1) is 8.63. The highest BCUT2D eigenvalue weighted by Crippen LogP contribution is 2.41. The van der Waals surface area contributed by atoms with Crippen LogP contribution in [0.4, 0.5) is 0 Å². The molecule has 3 nitrogen and oxygen atoms in total. The normalized spacial score (nSPS) is 22.4. The Morgan fingerprint density at radius 2 is 2.22 bits per heavy atom. The molecule has 18 heavy (non-hydrogen) atoms. The van der Waals surface area contributed by atoms with Crippen molar-refractivity contribution >= 4 is 34.5 Å². The molecule has 94 valence electrons. The molecule has 2 atom stereocenters. The number of nitrogens with zero attached hydrogens (tertiary/aromatic N) is 1. The van der Waals surface area contributed by atoms with E-state index in [1.807, 2.05) is 12.1 Å². The van der Waals surface area contributed by atoms with Crippen LogP contribution in [0.15, 0.2) is 24.4 Å². The predicted molar refractivity (Wildman–Crippen MR) is 73.5 cm³/mol. The van der Waals surface area contributed by atoms with Crippen molar-refractivity contribution in [3.05, 3.63) is 44.3 Å². The fraction of sp³-hybridized carbons (Fsp3) is 0.250. The highest BCUT2D eigenvalue weighted by molar-refractivity contribution is 7.15. The summed E-state index contributed by atoms with van der Waals surface area (Å²) >= 11 is 13.3. The first-order valence-corrected chi connectivity index (χ1v) is 7.03. The van der Waals surface area contributed by atoms with E-state index in [2.05, 4.69) is 4.98 Å². The maximum absolute atomic E-state index is 6.16. The van der Waals surface area contributed by atoms with Crippen molar-refractivity contribution in [2.45, 2.75) is 18.6 Å². The minimum Gasteiger partial charge on any atom is -0.483 e. The minimum absolute atomic E-state index is 0.0971. The third-order valence-corrected chi connectivity index (χ3v) is 4.32. The Balaban J connectivity index is 1.94. The van der Waals surface area contributed by atoms with Crippen molar-refractivity contribution in [2.24, 2.45) is 5.73 Å². The second-order valence-electron chi connectivity index (χ2n) is 4.13. The number of hydrogen-bond donors (Lipinski definition) is 1. The zero-order chi connectivity index (χ0) is 12.7. The molecule has 1 aromatic carbocycles. The Kier molecular flexibility index (Phi) is 3.20. The molecule has 0 radical (unpaired) electrons. The maximum atomic E-state index is 6.16. The highest BCUT2D eigenvalue weighted by Gasteiger charge is 2.29. The van der Waals surface area contributed by atoms with Crippen LogP contribution in [0.3, 0.4) is 0 Å². The van der Waals surface area contributed by atoms with Gasteiger partial charge >= 0.3 is 0 Å². The van der Waals surface area contributed by atoms with Crippen LogP contribution in [0.25, 0.3) is 0 Å². The third kappa shape index (κ3) is 2.21. The molecule has 0 spiro atoms. The van der Waals surface area contributed by atoms with Crippen molar-refractivity contribution in [2.75, 3.05) is 0 Å². The molecule has 0 saturated heterocycles. The molecular weight excluding hydrogens is 291 g/mol. The Labute approximate surface area is 118 Å². The molecule has 1 aromatic heterocycles. The van der Waals surface area contributed by atoms with Crippen molar-refractivity contribution in [1.82, 2.24) is 4.98 Å². The second kappa shape index (κ2) is 4.70. The Morgan fingerprint density at radius 3 is 2.94 bits per heavy atom. The molecular formula is C12H10Cl2N2OS. The summed E-state index contributed by atoms with van der Waals surface area (Å²) < 4.78 is 6.56. The predicted octanol–water partition coefficient (Wildman–Crippen LogP) is 3.97. The molecule has 2 heterocycles. The lowest BCUT2D eigenvalue weighted by atomic mass is 9.97. The van der Waals surface area contributed by atoms with Crippen LogP contribution in [0.2, 0.25) is 9.36 Å². The Morgan fingerprint density at radius 1 is 1.39 bits per heavy atom. The van der Waals surface area contributed by atoms with Crippen LogP contribution < -0.4 is 10.5 Å². The summed E-state index contributed by atoms with van der Waals surface area (Å²) in [5.74, 6) is 0.773. The van der Waals surface area contributed by atoms with Crippen LogP contribution in [0.1, 0.15) is 29.1 Å². The van der Waals surface area contributed by atoms with E-state index >= 15 is 0 Å². The van der Waals surface area contributed by atoms with E-state index < -0.39 is 0 Å². The van der Waals surface area contributed by atoms with Gasteiger partial charge in [-0.05, 0) is 18.2 Å². The van der Waals surface area contributed by atoms with Crippen LogP contribution in [0, 0.1) is 0 Å². The number of benzene rings is 1. The molecule has 6 heteroatoms. The number of rotatable bonds is 1. The number of halogens is 2. The average Bonchev–Trinajstić information content (AvgIpc) is 2.77. The van der Waals surface area contributed by atoms with Crippen molar-refractivity contribution < 1.29 is 4.74 Å². The molecule has 0 aliphatic carbocycles. The molecule has 2 unspecified atom stereocenters. The fourth-order valence-corrected chi connectivity index (χ4v) is 3.20. The minimum atomic E-state index is -0.133. The SMILES string of the molecule is NC1CC(c2ncc(Cl)s2)Oc2ccc(Cl)cc21. The quantitative estimate of drug-likeness (QED) is 0.867. The Hall–Kier alpha value is -0.810. The maximum Gasteiger partial charge on any atom is 0.152 e. The molecule has 2 N–H and O–H groups in total. The summed E-state index contributed by atoms with van der Waals surface area (Å²) in [6.07, 6.45) is 2.18. The largest absolute Gasteiger partial charge is 0.483 e. The van der Waals surface area contributed by atoms with Gasteiger partial charge in [-0.1, -0.05) is 23.2 Å². The molecule has 0 fully saturated rings. The van der Waals surface area contributed by atoms with Crippen LogP contribution >= 0.6 is 34.5 Å². The highest BCUT2D eigenvalue weighted by atomic mass is 35.5. The zero-order valence-electron chi connectivity index (χ0n) is 9.27. The van der Waals surface area contributed by atoms with E-state index in [9.17, 15) is 0 Å². The van der Waals surface area contributed by atoms with Gasteiger partial charge in [-0.2, -0.15) is 0 Å². The number of hydrogen-bond acceptors (Lipinski definition) is 4. The summed E-state index contributed by atoms with van der Waals surface area (Å²) in [4.78, 5) is 4.24. The van der Waals surface area contributed by atoms with Gasteiger partial charge in [0.1, 0.15) is 15.1 Å². The molecule has 1 aliphatic heterocycles. The smallest absolute Gasteiger partial charge is 0.152 e. The van der Waals surface area contributed by atoms with E-state index in [-0.39, 0.29) is 12.1 Å². The molecule has 2 aromatic rings. The van der Waals surface area contributed by atoms with Gasteiger partial charge in [-0.3, -0.25) is 0 Å². The number of ether oxygens (including phenoxy) is 1. The topological polar surface area (TPSA) is 48.1 Å². The van der Waals surface area contributed by atoms with E-state index in [4.69, 9.17) is 33.7 Å². The lowest BCUT2D eigenvalue weighted by molar-refractivity contribution is 0.161. The number of fused-ring (bicyclic) bond motifs is 1. The summed E-state index contributed by atoms with van der Waals surface area (Å²) in [6, 6.07) is 5.40. The summed E-state index contributed by atoms with van der Waals surface area (Å²) in [5.41, 5.74) is 7.10. The Bertz CT molecular complexity index is 587. The molecule has 0 amide bonds. The number of thiazole rings is 1.